The molecule has 1 aromatic rings. The number of alkyl halides is 3. The van der Waals surface area contributed by atoms with Gasteiger partial charge >= 0.3 is 6.18 Å². The molecule has 1 saturated heterocycles. The van der Waals surface area contributed by atoms with Crippen LogP contribution in [0.15, 0.2) is 18.2 Å². The Morgan fingerprint density at radius 3 is 2.48 bits per heavy atom. The highest BCUT2D eigenvalue weighted by Gasteiger charge is 2.32. The Balaban J connectivity index is 2.22. The minimum Gasteiger partial charge on any atom is -0.395 e. The van der Waals surface area contributed by atoms with Crippen LogP contribution in [0.1, 0.15) is 25.3 Å². The van der Waals surface area contributed by atoms with E-state index in [0.717, 1.165) is 12.1 Å². The Kier molecular flexibility index (Phi) is 6.66. The fourth-order valence-corrected chi connectivity index (χ4v) is 2.88. The van der Waals surface area contributed by atoms with Gasteiger partial charge in [-0.2, -0.15) is 13.2 Å². The van der Waals surface area contributed by atoms with E-state index >= 15 is 0 Å². The summed E-state index contributed by atoms with van der Waals surface area (Å²) in [6, 6.07) is 3.47. The molecule has 5 nitrogen and oxygen atoms in total. The third kappa shape index (κ3) is 5.34. The molecule has 2 N–H and O–H groups in total. The highest BCUT2D eigenvalue weighted by Crippen LogP contribution is 2.36. The standard InChI is InChI=1S/C17H24F3N3O2/c1-2-3-16(25)21-14-12-13(17(18,19)20)4-5-15(14)23-8-6-22(7-9-23)10-11-24/h4-5,12,24H,2-3,6-11H2,1H3,(H,21,25). The normalized spacial score (nSPS) is 16.1. The summed E-state index contributed by atoms with van der Waals surface area (Å²) >= 11 is 0. The number of carbonyl (C=O) groups is 1. The van der Waals surface area contributed by atoms with E-state index in [1.54, 1.807) is 0 Å². The SMILES string of the molecule is CCCC(=O)Nc1cc(C(F)(F)F)ccc1N1CCN(CCO)CC1. The zero-order chi connectivity index (χ0) is 18.4. The van der Waals surface area contributed by atoms with E-state index in [4.69, 9.17) is 5.11 Å². The van der Waals surface area contributed by atoms with Gasteiger partial charge < -0.3 is 15.3 Å². The van der Waals surface area contributed by atoms with E-state index in [0.29, 0.717) is 44.8 Å². The van der Waals surface area contributed by atoms with Crippen molar-refractivity contribution in [1.82, 2.24) is 4.90 Å². The number of aliphatic hydroxyl groups excluding tert-OH is 1. The average molecular weight is 359 g/mol. The van der Waals surface area contributed by atoms with Crippen molar-refractivity contribution >= 4 is 17.3 Å². The number of amides is 1. The van der Waals surface area contributed by atoms with Crippen LogP contribution in [0, 0.1) is 0 Å². The molecule has 140 valence electrons. The number of carbonyl (C=O) groups excluding carboxylic acids is 1. The van der Waals surface area contributed by atoms with Crippen molar-refractivity contribution in [2.24, 2.45) is 0 Å². The molecule has 0 spiro atoms. The van der Waals surface area contributed by atoms with Gasteiger partial charge in [-0.15, -0.1) is 0 Å². The molecule has 0 atom stereocenters. The first-order valence-corrected chi connectivity index (χ1v) is 8.44. The minimum absolute atomic E-state index is 0.0819. The van der Waals surface area contributed by atoms with Gasteiger partial charge in [0.15, 0.2) is 0 Å². The smallest absolute Gasteiger partial charge is 0.395 e. The summed E-state index contributed by atoms with van der Waals surface area (Å²) in [5.74, 6) is -0.290. The lowest BCUT2D eigenvalue weighted by atomic mass is 10.1. The molecule has 0 bridgehead atoms. The molecule has 0 unspecified atom stereocenters. The molecule has 0 aliphatic carbocycles. The summed E-state index contributed by atoms with van der Waals surface area (Å²) in [5, 5.41) is 11.6. The fraction of sp³-hybridized carbons (Fsp3) is 0.588. The Hall–Kier alpha value is -1.80. The van der Waals surface area contributed by atoms with E-state index < -0.39 is 11.7 Å². The van der Waals surface area contributed by atoms with Crippen molar-refractivity contribution in [1.29, 1.82) is 0 Å². The van der Waals surface area contributed by atoms with Gasteiger partial charge in [0.1, 0.15) is 0 Å². The van der Waals surface area contributed by atoms with Crippen LogP contribution in [0.4, 0.5) is 24.5 Å². The largest absolute Gasteiger partial charge is 0.416 e. The summed E-state index contributed by atoms with van der Waals surface area (Å²) in [6.45, 7) is 5.18. The number of piperazine rings is 1. The van der Waals surface area contributed by atoms with Gasteiger partial charge in [0.25, 0.3) is 0 Å². The molecule has 0 saturated carbocycles. The highest BCUT2D eigenvalue weighted by atomic mass is 19.4. The van der Waals surface area contributed by atoms with Crippen molar-refractivity contribution in [2.75, 3.05) is 49.5 Å². The van der Waals surface area contributed by atoms with Crippen molar-refractivity contribution in [3.8, 4) is 0 Å². The van der Waals surface area contributed by atoms with Crippen LogP contribution < -0.4 is 10.2 Å². The van der Waals surface area contributed by atoms with Gasteiger partial charge in [0.2, 0.25) is 5.91 Å². The number of rotatable bonds is 6. The quantitative estimate of drug-likeness (QED) is 0.820. The van der Waals surface area contributed by atoms with Gasteiger partial charge in [-0.1, -0.05) is 6.92 Å². The van der Waals surface area contributed by atoms with Gasteiger partial charge in [-0.3, -0.25) is 9.69 Å². The number of nitrogens with one attached hydrogen (secondary N) is 1. The first kappa shape index (κ1) is 19.5. The Morgan fingerprint density at radius 1 is 1.24 bits per heavy atom. The van der Waals surface area contributed by atoms with Crippen LogP contribution >= 0.6 is 0 Å². The minimum atomic E-state index is -4.46. The molecule has 1 aliphatic heterocycles. The molecule has 8 heteroatoms. The second-order valence-corrected chi connectivity index (χ2v) is 6.08. The summed E-state index contributed by atoms with van der Waals surface area (Å²) < 4.78 is 39.0. The summed E-state index contributed by atoms with van der Waals surface area (Å²) in [6.07, 6.45) is -3.57. The maximum Gasteiger partial charge on any atom is 0.416 e. The van der Waals surface area contributed by atoms with Gasteiger partial charge in [-0.05, 0) is 24.6 Å². The molecule has 1 aromatic carbocycles. The maximum atomic E-state index is 13.0. The van der Waals surface area contributed by atoms with E-state index in [2.05, 4.69) is 10.2 Å². The lowest BCUT2D eigenvalue weighted by Crippen LogP contribution is -2.47. The number of hydrogen-bond donors (Lipinski definition) is 2. The van der Waals surface area contributed by atoms with Crippen LogP contribution in [0.3, 0.4) is 0 Å². The zero-order valence-corrected chi connectivity index (χ0v) is 14.3. The molecule has 2 rings (SSSR count). The molecular formula is C17H24F3N3O2. The predicted octanol–water partition coefficient (Wildman–Crippen LogP) is 2.56. The zero-order valence-electron chi connectivity index (χ0n) is 14.3. The van der Waals surface area contributed by atoms with E-state index in [1.807, 2.05) is 11.8 Å². The molecule has 25 heavy (non-hydrogen) atoms. The average Bonchev–Trinajstić information content (AvgIpc) is 2.55. The Labute approximate surface area is 145 Å². The van der Waals surface area contributed by atoms with Crippen LogP contribution in [-0.2, 0) is 11.0 Å². The third-order valence-corrected chi connectivity index (χ3v) is 4.20. The van der Waals surface area contributed by atoms with Crippen molar-refractivity contribution in [3.63, 3.8) is 0 Å². The maximum absolute atomic E-state index is 13.0. The van der Waals surface area contributed by atoms with Crippen LogP contribution in [0.2, 0.25) is 0 Å². The third-order valence-electron chi connectivity index (χ3n) is 4.20. The van der Waals surface area contributed by atoms with Gasteiger partial charge in [0.05, 0.1) is 23.5 Å². The number of nitrogens with zero attached hydrogens (tertiary/aromatic N) is 2. The van der Waals surface area contributed by atoms with Gasteiger partial charge in [0, 0.05) is 39.1 Å². The molecule has 1 aliphatic rings. The highest BCUT2D eigenvalue weighted by molar-refractivity contribution is 5.94. The van der Waals surface area contributed by atoms with Gasteiger partial charge in [-0.25, -0.2) is 0 Å². The molecule has 1 amide bonds. The number of halogens is 3. The second-order valence-electron chi connectivity index (χ2n) is 6.08. The molecule has 0 radical (unpaired) electrons. The van der Waals surface area contributed by atoms with E-state index in [1.165, 1.54) is 6.07 Å². The number of aliphatic hydroxyl groups is 1. The topological polar surface area (TPSA) is 55.8 Å². The van der Waals surface area contributed by atoms with Crippen LogP contribution in [-0.4, -0.2) is 55.2 Å². The Bertz CT molecular complexity index is 585. The van der Waals surface area contributed by atoms with E-state index in [9.17, 15) is 18.0 Å². The number of hydrogen-bond acceptors (Lipinski definition) is 4. The molecule has 1 heterocycles. The van der Waals surface area contributed by atoms with Crippen LogP contribution in [0.5, 0.6) is 0 Å². The summed E-state index contributed by atoms with van der Waals surface area (Å²) in [4.78, 5) is 16.0. The lowest BCUT2D eigenvalue weighted by molar-refractivity contribution is -0.137. The van der Waals surface area contributed by atoms with Crippen LogP contribution in [0.25, 0.3) is 0 Å². The predicted molar refractivity (Wildman–Crippen MR) is 90.7 cm³/mol. The summed E-state index contributed by atoms with van der Waals surface area (Å²) in [5.41, 5.74) is 0.0203. The van der Waals surface area contributed by atoms with E-state index in [-0.39, 0.29) is 24.6 Å². The lowest BCUT2D eigenvalue weighted by Gasteiger charge is -2.36. The van der Waals surface area contributed by atoms with Crippen molar-refractivity contribution in [2.45, 2.75) is 25.9 Å². The van der Waals surface area contributed by atoms with Crippen molar-refractivity contribution < 1.29 is 23.1 Å². The number of anilines is 2. The number of benzene rings is 1. The molecular weight excluding hydrogens is 335 g/mol. The number of β-amino-alcohol motifs (C(OH)–C–C–N with tert-alkyl or cyclic N) is 1. The first-order valence-electron chi connectivity index (χ1n) is 8.44. The molecule has 1 fully saturated rings. The molecule has 0 aromatic heterocycles. The van der Waals surface area contributed by atoms with Crippen molar-refractivity contribution in [3.05, 3.63) is 23.8 Å². The first-order chi connectivity index (χ1) is 11.8. The Morgan fingerprint density at radius 2 is 1.92 bits per heavy atom. The fourth-order valence-electron chi connectivity index (χ4n) is 2.88. The monoisotopic (exact) mass is 359 g/mol. The second kappa shape index (κ2) is 8.53. The summed E-state index contributed by atoms with van der Waals surface area (Å²) in [7, 11) is 0.